The van der Waals surface area contributed by atoms with Crippen LogP contribution in [0.15, 0.2) is 0 Å². The fourth-order valence-electron chi connectivity index (χ4n) is 2.00. The quantitative estimate of drug-likeness (QED) is 0.534. The Labute approximate surface area is 127 Å². The third-order valence-corrected chi connectivity index (χ3v) is 18.1. The Bertz CT molecular complexity index is 217. The number of nitrogens with zero attached hydrogens (tertiary/aromatic N) is 4. The molecule has 0 aromatic heterocycles. The molecule has 0 amide bonds. The van der Waals surface area contributed by atoms with Crippen molar-refractivity contribution in [1.29, 1.82) is 0 Å². The van der Waals surface area contributed by atoms with Gasteiger partial charge < -0.3 is 17.6 Å². The van der Waals surface area contributed by atoms with Gasteiger partial charge in [-0.15, -0.1) is 0 Å². The minimum atomic E-state index is -1.39. The van der Waals surface area contributed by atoms with E-state index in [-0.39, 0.29) is 19.7 Å². The molecule has 0 aliphatic rings. The van der Waals surface area contributed by atoms with E-state index < -0.39 is 8.40 Å². The van der Waals surface area contributed by atoms with Gasteiger partial charge in [0.15, 0.2) is 28.1 Å². The third kappa shape index (κ3) is 6.19. The van der Waals surface area contributed by atoms with E-state index in [0.29, 0.717) is 0 Å². The van der Waals surface area contributed by atoms with Crippen molar-refractivity contribution in [3.63, 3.8) is 0 Å². The van der Waals surface area contributed by atoms with Crippen molar-refractivity contribution >= 4 is 28.1 Å². The predicted molar refractivity (Wildman–Crippen MR) is 95.9 cm³/mol. The van der Waals surface area contributed by atoms with Gasteiger partial charge in [-0.3, -0.25) is 0 Å². The molecule has 0 aromatic rings. The summed E-state index contributed by atoms with van der Waals surface area (Å²) in [5, 5.41) is 0. The molecular formula is C12H36N4Si3. The van der Waals surface area contributed by atoms with Gasteiger partial charge in [0.05, 0.1) is 0 Å². The van der Waals surface area contributed by atoms with Gasteiger partial charge in [-0.25, -0.2) is 0 Å². The zero-order valence-corrected chi connectivity index (χ0v) is 18.4. The molecule has 7 heteroatoms. The Balaban J connectivity index is 4.91. The highest BCUT2D eigenvalue weighted by Gasteiger charge is 2.33. The van der Waals surface area contributed by atoms with Crippen molar-refractivity contribution in [1.82, 2.24) is 17.6 Å². The minimum Gasteiger partial charge on any atom is -0.342 e. The fraction of sp³-hybridized carbons (Fsp3) is 1.00. The summed E-state index contributed by atoms with van der Waals surface area (Å²) in [6.45, 7) is 19.1. The molecule has 0 atom stereocenters. The smallest absolute Gasteiger partial charge is 0.187 e. The molecule has 0 saturated heterocycles. The molecule has 4 nitrogen and oxygen atoms in total. The van der Waals surface area contributed by atoms with Crippen LogP contribution in [0, 0.1) is 0 Å². The molecule has 0 unspecified atom stereocenters. The molecule has 0 N–H and O–H groups in total. The third-order valence-electron chi connectivity index (χ3n) is 4.40. The van der Waals surface area contributed by atoms with Crippen molar-refractivity contribution < 1.29 is 0 Å². The SMILES string of the molecule is CCN(CC)[SiH2]N([SiH2]N(CC)CC)[Si](C)(C)N(C)C. The summed E-state index contributed by atoms with van der Waals surface area (Å²) in [5.41, 5.74) is 0. The first-order valence-corrected chi connectivity index (χ1v) is 13.1. The molecule has 0 aliphatic carbocycles. The molecule has 0 heterocycles. The molecule has 0 fully saturated rings. The largest absolute Gasteiger partial charge is 0.342 e. The summed E-state index contributed by atoms with van der Waals surface area (Å²) >= 11 is 0. The van der Waals surface area contributed by atoms with E-state index in [0.717, 1.165) is 0 Å². The molecule has 0 bridgehead atoms. The second-order valence-corrected chi connectivity index (χ2v) is 16.4. The molecule has 0 rings (SSSR count). The fourth-order valence-corrected chi connectivity index (χ4v) is 12.1. The van der Waals surface area contributed by atoms with E-state index in [4.69, 9.17) is 0 Å². The van der Waals surface area contributed by atoms with Crippen LogP contribution in [0.3, 0.4) is 0 Å². The van der Waals surface area contributed by atoms with Crippen LogP contribution in [0.2, 0.25) is 13.1 Å². The number of hydrogen-bond acceptors (Lipinski definition) is 4. The van der Waals surface area contributed by atoms with Gasteiger partial charge in [-0.2, -0.15) is 0 Å². The van der Waals surface area contributed by atoms with Gasteiger partial charge in [0.2, 0.25) is 0 Å². The number of rotatable bonds is 10. The van der Waals surface area contributed by atoms with Crippen molar-refractivity contribution in [3.05, 3.63) is 0 Å². The molecule has 0 aliphatic heterocycles. The highest BCUT2D eigenvalue weighted by molar-refractivity contribution is 6.84. The topological polar surface area (TPSA) is 13.0 Å². The Kier molecular flexibility index (Phi) is 9.67. The van der Waals surface area contributed by atoms with E-state index >= 15 is 0 Å². The van der Waals surface area contributed by atoms with Gasteiger partial charge in [0, 0.05) is 0 Å². The average molecular weight is 321 g/mol. The number of hydrogen-bond donors (Lipinski definition) is 0. The molecule has 0 radical (unpaired) electrons. The lowest BCUT2D eigenvalue weighted by Crippen LogP contribution is -2.66. The lowest BCUT2D eigenvalue weighted by atomic mass is 10.7. The van der Waals surface area contributed by atoms with Crippen molar-refractivity contribution in [2.45, 2.75) is 40.8 Å². The predicted octanol–water partition coefficient (Wildman–Crippen LogP) is 0.233. The van der Waals surface area contributed by atoms with Gasteiger partial charge in [0.1, 0.15) is 0 Å². The lowest BCUT2D eigenvalue weighted by Gasteiger charge is -2.45. The maximum absolute atomic E-state index is 2.98. The van der Waals surface area contributed by atoms with E-state index in [1.807, 2.05) is 0 Å². The van der Waals surface area contributed by atoms with E-state index in [2.05, 4.69) is 72.5 Å². The van der Waals surface area contributed by atoms with Gasteiger partial charge in [-0.05, 0) is 53.4 Å². The van der Waals surface area contributed by atoms with Crippen LogP contribution in [-0.4, -0.2) is 86.0 Å². The van der Waals surface area contributed by atoms with E-state index in [9.17, 15) is 0 Å². The Morgan fingerprint density at radius 2 is 1.05 bits per heavy atom. The van der Waals surface area contributed by atoms with Crippen LogP contribution >= 0.6 is 0 Å². The zero-order valence-electron chi connectivity index (χ0n) is 14.5. The second-order valence-electron chi connectivity index (χ2n) is 5.82. The normalized spacial score (nSPS) is 14.5. The first-order valence-electron chi connectivity index (χ1n) is 7.70. The van der Waals surface area contributed by atoms with Crippen molar-refractivity contribution in [3.8, 4) is 0 Å². The molecule has 0 aromatic carbocycles. The van der Waals surface area contributed by atoms with Crippen molar-refractivity contribution in [2.24, 2.45) is 0 Å². The first kappa shape index (κ1) is 19.5. The summed E-state index contributed by atoms with van der Waals surface area (Å²) < 4.78 is 10.9. The summed E-state index contributed by atoms with van der Waals surface area (Å²) in [5.74, 6) is 0. The van der Waals surface area contributed by atoms with E-state index in [1.54, 1.807) is 0 Å². The second kappa shape index (κ2) is 9.43. The Morgan fingerprint density at radius 1 is 0.737 bits per heavy atom. The van der Waals surface area contributed by atoms with Crippen LogP contribution in [0.5, 0.6) is 0 Å². The summed E-state index contributed by atoms with van der Waals surface area (Å²) in [6.07, 6.45) is 0. The van der Waals surface area contributed by atoms with Crippen LogP contribution in [-0.2, 0) is 0 Å². The molecule has 116 valence electrons. The van der Waals surface area contributed by atoms with Crippen LogP contribution in [0.1, 0.15) is 27.7 Å². The summed E-state index contributed by atoms with van der Waals surface area (Å²) in [4.78, 5) is 0. The van der Waals surface area contributed by atoms with Crippen molar-refractivity contribution in [2.75, 3.05) is 40.3 Å². The average Bonchev–Trinajstić information content (AvgIpc) is 2.38. The lowest BCUT2D eigenvalue weighted by molar-refractivity contribution is 0.443. The van der Waals surface area contributed by atoms with E-state index in [1.165, 1.54) is 26.2 Å². The summed E-state index contributed by atoms with van der Waals surface area (Å²) in [6, 6.07) is 0. The standard InChI is InChI=1S/C12H36N4Si3/c1-9-14(10-2)17-16(18-15(11-3)12-4)19(7,8)13(5)6/h9-12,17-18H2,1-8H3. The minimum absolute atomic E-state index is 0.262. The monoisotopic (exact) mass is 320 g/mol. The molecular weight excluding hydrogens is 284 g/mol. The Morgan fingerprint density at radius 3 is 1.26 bits per heavy atom. The molecule has 19 heavy (non-hydrogen) atoms. The highest BCUT2D eigenvalue weighted by Crippen LogP contribution is 2.12. The highest BCUT2D eigenvalue weighted by atomic mass is 28.4. The molecule has 0 spiro atoms. The Hall–Kier alpha value is 0.491. The summed E-state index contributed by atoms with van der Waals surface area (Å²) in [7, 11) is 2.62. The van der Waals surface area contributed by atoms with Crippen LogP contribution in [0.25, 0.3) is 0 Å². The van der Waals surface area contributed by atoms with Gasteiger partial charge in [0.25, 0.3) is 0 Å². The van der Waals surface area contributed by atoms with Crippen LogP contribution in [0.4, 0.5) is 0 Å². The maximum Gasteiger partial charge on any atom is 0.187 e. The zero-order chi connectivity index (χ0) is 15.1. The first-order chi connectivity index (χ1) is 8.83. The molecule has 0 saturated carbocycles. The maximum atomic E-state index is 2.98. The van der Waals surface area contributed by atoms with Crippen LogP contribution < -0.4 is 0 Å². The van der Waals surface area contributed by atoms with Gasteiger partial charge >= 0.3 is 0 Å². The van der Waals surface area contributed by atoms with Gasteiger partial charge in [-0.1, -0.05) is 27.7 Å².